The van der Waals surface area contributed by atoms with Crippen molar-refractivity contribution in [3.8, 4) is 11.5 Å². The van der Waals surface area contributed by atoms with Gasteiger partial charge in [0.15, 0.2) is 5.75 Å². The lowest BCUT2D eigenvalue weighted by molar-refractivity contribution is -0.120. The lowest BCUT2D eigenvalue weighted by Gasteiger charge is -2.19. The normalized spacial score (nSPS) is 16.8. The first-order valence-electron chi connectivity index (χ1n) is 7.71. The predicted octanol–water partition coefficient (Wildman–Crippen LogP) is 5.43. The number of amides is 1. The summed E-state index contributed by atoms with van der Waals surface area (Å²) in [5.41, 5.74) is 0.659. The summed E-state index contributed by atoms with van der Waals surface area (Å²) >= 11 is 6.13. The molecule has 1 N–H and O–H groups in total. The zero-order valence-electron chi connectivity index (χ0n) is 12.7. The van der Waals surface area contributed by atoms with Gasteiger partial charge in [0.1, 0.15) is 5.75 Å². The number of carbonyl (C=O) groups is 1. The average molecular weight is 328 g/mol. The number of ether oxygens (including phenoxy) is 1. The Bertz CT molecular complexity index is 727. The van der Waals surface area contributed by atoms with Gasteiger partial charge in [-0.05, 0) is 43.5 Å². The highest BCUT2D eigenvalue weighted by Gasteiger charge is 2.20. The van der Waals surface area contributed by atoms with Crippen molar-refractivity contribution < 1.29 is 9.53 Å². The molecule has 1 aliphatic carbocycles. The van der Waals surface area contributed by atoms with Crippen LogP contribution in [0.25, 0.3) is 0 Å². The third-order valence-electron chi connectivity index (χ3n) is 3.84. The summed E-state index contributed by atoms with van der Waals surface area (Å²) in [6.07, 6.45) is 6.82. The van der Waals surface area contributed by atoms with Gasteiger partial charge in [-0.3, -0.25) is 4.79 Å². The summed E-state index contributed by atoms with van der Waals surface area (Å²) in [7, 11) is 0. The van der Waals surface area contributed by atoms with Crippen LogP contribution in [-0.4, -0.2) is 5.91 Å². The topological polar surface area (TPSA) is 38.3 Å². The molecule has 3 rings (SSSR count). The van der Waals surface area contributed by atoms with Crippen LogP contribution in [0, 0.1) is 5.92 Å². The van der Waals surface area contributed by atoms with Crippen LogP contribution in [-0.2, 0) is 4.79 Å². The van der Waals surface area contributed by atoms with E-state index in [1.165, 1.54) is 0 Å². The van der Waals surface area contributed by atoms with Gasteiger partial charge in [0.2, 0.25) is 5.91 Å². The molecule has 0 aromatic heterocycles. The Hall–Kier alpha value is -2.26. The van der Waals surface area contributed by atoms with E-state index in [0.29, 0.717) is 22.2 Å². The van der Waals surface area contributed by atoms with Crippen molar-refractivity contribution in [1.29, 1.82) is 0 Å². The van der Waals surface area contributed by atoms with Gasteiger partial charge >= 0.3 is 0 Å². The SMILES string of the molecule is O=C(Nc1ccccc1Oc1ccccc1Cl)C1CC=CCC1. The first-order valence-corrected chi connectivity index (χ1v) is 8.09. The van der Waals surface area contributed by atoms with Crippen molar-refractivity contribution >= 4 is 23.2 Å². The maximum absolute atomic E-state index is 12.4. The van der Waals surface area contributed by atoms with Crippen LogP contribution in [0.5, 0.6) is 11.5 Å². The quantitative estimate of drug-likeness (QED) is 0.761. The van der Waals surface area contributed by atoms with E-state index in [4.69, 9.17) is 16.3 Å². The number of carbonyl (C=O) groups excluding carboxylic acids is 1. The largest absolute Gasteiger partial charge is 0.454 e. The summed E-state index contributed by atoms with van der Waals surface area (Å²) in [5, 5.41) is 3.51. The highest BCUT2D eigenvalue weighted by atomic mass is 35.5. The molecule has 0 radical (unpaired) electrons. The molecule has 0 aliphatic heterocycles. The summed E-state index contributed by atoms with van der Waals surface area (Å²) in [6.45, 7) is 0. The number of rotatable bonds is 4. The standard InChI is InChI=1S/C19H18ClNO2/c20-15-10-4-6-12-17(15)23-18-13-7-5-11-16(18)21-19(22)14-8-2-1-3-9-14/h1-2,4-7,10-14H,3,8-9H2,(H,21,22). The lowest BCUT2D eigenvalue weighted by Crippen LogP contribution is -2.23. The molecule has 4 heteroatoms. The van der Waals surface area contributed by atoms with Gasteiger partial charge < -0.3 is 10.1 Å². The molecule has 0 fully saturated rings. The molecule has 1 unspecified atom stereocenters. The van der Waals surface area contributed by atoms with Crippen LogP contribution >= 0.6 is 11.6 Å². The van der Waals surface area contributed by atoms with Crippen LogP contribution in [0.4, 0.5) is 5.69 Å². The minimum atomic E-state index is 0.0216. The third kappa shape index (κ3) is 3.93. The molecule has 0 saturated carbocycles. The Labute approximate surface area is 140 Å². The van der Waals surface area contributed by atoms with E-state index in [2.05, 4.69) is 17.5 Å². The molecule has 0 heterocycles. The Morgan fingerprint density at radius 2 is 1.78 bits per heavy atom. The monoisotopic (exact) mass is 327 g/mol. The average Bonchev–Trinajstić information content (AvgIpc) is 2.59. The van der Waals surface area contributed by atoms with Crippen LogP contribution in [0.15, 0.2) is 60.7 Å². The lowest BCUT2D eigenvalue weighted by atomic mass is 9.93. The van der Waals surface area contributed by atoms with Crippen molar-refractivity contribution in [2.75, 3.05) is 5.32 Å². The molecule has 1 amide bonds. The number of hydrogen-bond acceptors (Lipinski definition) is 2. The van der Waals surface area contributed by atoms with E-state index in [9.17, 15) is 4.79 Å². The summed E-state index contributed by atoms with van der Waals surface area (Å²) in [5.74, 6) is 1.20. The van der Waals surface area contributed by atoms with Gasteiger partial charge in [0, 0.05) is 5.92 Å². The Kier molecular flexibility index (Phi) is 4.99. The smallest absolute Gasteiger partial charge is 0.227 e. The zero-order chi connectivity index (χ0) is 16.1. The molecule has 0 spiro atoms. The number of anilines is 1. The van der Waals surface area contributed by atoms with Crippen LogP contribution in [0.3, 0.4) is 0 Å². The predicted molar refractivity (Wildman–Crippen MR) is 93.1 cm³/mol. The van der Waals surface area contributed by atoms with E-state index in [-0.39, 0.29) is 11.8 Å². The molecule has 0 saturated heterocycles. The van der Waals surface area contributed by atoms with Crippen LogP contribution in [0.1, 0.15) is 19.3 Å². The number of para-hydroxylation sites is 3. The fourth-order valence-electron chi connectivity index (χ4n) is 2.57. The third-order valence-corrected chi connectivity index (χ3v) is 4.15. The summed E-state index contributed by atoms with van der Waals surface area (Å²) in [4.78, 5) is 12.4. The van der Waals surface area contributed by atoms with Gasteiger partial charge in [-0.2, -0.15) is 0 Å². The summed E-state index contributed by atoms with van der Waals surface area (Å²) in [6, 6.07) is 14.7. The molecule has 1 aliphatic rings. The van der Waals surface area contributed by atoms with Crippen LogP contribution < -0.4 is 10.1 Å². The van der Waals surface area contributed by atoms with Crippen LogP contribution in [0.2, 0.25) is 5.02 Å². The molecular formula is C19H18ClNO2. The van der Waals surface area contributed by atoms with E-state index in [0.717, 1.165) is 19.3 Å². The number of benzene rings is 2. The maximum Gasteiger partial charge on any atom is 0.227 e. The molecule has 3 nitrogen and oxygen atoms in total. The van der Waals surface area contributed by atoms with Crippen molar-refractivity contribution in [3.63, 3.8) is 0 Å². The minimum absolute atomic E-state index is 0.0216. The molecule has 1 atom stereocenters. The number of nitrogens with one attached hydrogen (secondary N) is 1. The second-order valence-corrected chi connectivity index (χ2v) is 5.91. The fraction of sp³-hybridized carbons (Fsp3) is 0.211. The Balaban J connectivity index is 1.76. The Morgan fingerprint density at radius 1 is 1.04 bits per heavy atom. The van der Waals surface area contributed by atoms with Gasteiger partial charge in [-0.15, -0.1) is 0 Å². The van der Waals surface area contributed by atoms with E-state index in [1.807, 2.05) is 36.4 Å². The fourth-order valence-corrected chi connectivity index (χ4v) is 2.75. The van der Waals surface area contributed by atoms with Crippen molar-refractivity contribution in [1.82, 2.24) is 0 Å². The van der Waals surface area contributed by atoms with Gasteiger partial charge in [0.05, 0.1) is 10.7 Å². The number of allylic oxidation sites excluding steroid dienone is 2. The van der Waals surface area contributed by atoms with Crippen molar-refractivity contribution in [2.24, 2.45) is 5.92 Å². The highest BCUT2D eigenvalue weighted by molar-refractivity contribution is 6.32. The van der Waals surface area contributed by atoms with Gasteiger partial charge in [-0.25, -0.2) is 0 Å². The number of hydrogen-bond donors (Lipinski definition) is 1. The first-order chi connectivity index (χ1) is 11.2. The molecule has 118 valence electrons. The Morgan fingerprint density at radius 3 is 2.52 bits per heavy atom. The molecular weight excluding hydrogens is 310 g/mol. The van der Waals surface area contributed by atoms with Crippen molar-refractivity contribution in [2.45, 2.75) is 19.3 Å². The zero-order valence-corrected chi connectivity index (χ0v) is 13.4. The maximum atomic E-state index is 12.4. The molecule has 0 bridgehead atoms. The number of halogens is 1. The van der Waals surface area contributed by atoms with Gasteiger partial charge in [-0.1, -0.05) is 48.0 Å². The second-order valence-electron chi connectivity index (χ2n) is 5.50. The first kappa shape index (κ1) is 15.6. The van der Waals surface area contributed by atoms with E-state index >= 15 is 0 Å². The highest BCUT2D eigenvalue weighted by Crippen LogP contribution is 2.34. The molecule has 23 heavy (non-hydrogen) atoms. The minimum Gasteiger partial charge on any atom is -0.454 e. The van der Waals surface area contributed by atoms with E-state index < -0.39 is 0 Å². The second kappa shape index (κ2) is 7.34. The van der Waals surface area contributed by atoms with E-state index in [1.54, 1.807) is 12.1 Å². The molecule has 2 aromatic carbocycles. The van der Waals surface area contributed by atoms with Crippen molar-refractivity contribution in [3.05, 3.63) is 65.7 Å². The summed E-state index contributed by atoms with van der Waals surface area (Å²) < 4.78 is 5.87. The molecule has 2 aromatic rings. The van der Waals surface area contributed by atoms with Gasteiger partial charge in [0.25, 0.3) is 0 Å².